The Morgan fingerprint density at radius 1 is 1.27 bits per heavy atom. The summed E-state index contributed by atoms with van der Waals surface area (Å²) in [5, 5.41) is 18.5. The lowest BCUT2D eigenvalue weighted by molar-refractivity contribution is 0.116. The summed E-state index contributed by atoms with van der Waals surface area (Å²) >= 11 is 0. The van der Waals surface area contributed by atoms with Gasteiger partial charge in [-0.25, -0.2) is 0 Å². The molecule has 0 aliphatic heterocycles. The fraction of sp³-hybridized carbons (Fsp3) is 0.667. The highest BCUT2D eigenvalue weighted by atomic mass is 16.5. The number of hydrogen-bond acceptors (Lipinski definition) is 3. The van der Waals surface area contributed by atoms with E-state index in [1.807, 2.05) is 0 Å². The maximum Gasteiger partial charge on any atom is 0.105 e. The first-order valence-corrected chi connectivity index (χ1v) is 5.69. The normalized spacial score (nSPS) is 23.2. The van der Waals surface area contributed by atoms with Crippen molar-refractivity contribution in [1.29, 1.82) is 0 Å². The third-order valence-electron chi connectivity index (χ3n) is 3.04. The Balaban J connectivity index is 2.04. The second-order valence-electron chi connectivity index (χ2n) is 4.17. The standard InChI is InChI=1S/C12H18O3/c13-8-11(14)10-6-3-7-12(10)15-9-4-1-2-5-9/h4,11,13-14H,1-3,5-8H2. The fourth-order valence-corrected chi connectivity index (χ4v) is 2.21. The summed E-state index contributed by atoms with van der Waals surface area (Å²) in [5.41, 5.74) is 0.894. The summed E-state index contributed by atoms with van der Waals surface area (Å²) in [6, 6.07) is 0. The average Bonchev–Trinajstić information content (AvgIpc) is 2.88. The van der Waals surface area contributed by atoms with Gasteiger partial charge in [0.2, 0.25) is 0 Å². The van der Waals surface area contributed by atoms with Crippen LogP contribution in [0.2, 0.25) is 0 Å². The third-order valence-corrected chi connectivity index (χ3v) is 3.04. The van der Waals surface area contributed by atoms with Crippen molar-refractivity contribution in [3.05, 3.63) is 23.2 Å². The SMILES string of the molecule is OCC(O)C1=C(OC2=CCCC2)CCC1. The van der Waals surface area contributed by atoms with Crippen LogP contribution in [0.15, 0.2) is 23.2 Å². The van der Waals surface area contributed by atoms with E-state index in [1.54, 1.807) is 0 Å². The summed E-state index contributed by atoms with van der Waals surface area (Å²) < 4.78 is 5.78. The van der Waals surface area contributed by atoms with Crippen LogP contribution in [0.4, 0.5) is 0 Å². The number of rotatable bonds is 4. The van der Waals surface area contributed by atoms with E-state index in [0.29, 0.717) is 0 Å². The predicted octanol–water partition coefficient (Wildman–Crippen LogP) is 1.86. The molecule has 1 unspecified atom stereocenters. The number of hydrogen-bond donors (Lipinski definition) is 2. The van der Waals surface area contributed by atoms with Gasteiger partial charge in [-0.3, -0.25) is 0 Å². The molecule has 0 aromatic rings. The van der Waals surface area contributed by atoms with E-state index in [4.69, 9.17) is 9.84 Å². The van der Waals surface area contributed by atoms with Crippen LogP contribution >= 0.6 is 0 Å². The Hall–Kier alpha value is -0.800. The maximum absolute atomic E-state index is 9.59. The van der Waals surface area contributed by atoms with Crippen molar-refractivity contribution < 1.29 is 14.9 Å². The number of aliphatic hydroxyl groups is 2. The van der Waals surface area contributed by atoms with Crippen LogP contribution in [-0.4, -0.2) is 22.9 Å². The molecule has 0 saturated carbocycles. The molecule has 84 valence electrons. The highest BCUT2D eigenvalue weighted by Gasteiger charge is 2.23. The molecule has 2 N–H and O–H groups in total. The van der Waals surface area contributed by atoms with Crippen LogP contribution in [0.3, 0.4) is 0 Å². The fourth-order valence-electron chi connectivity index (χ4n) is 2.21. The predicted molar refractivity (Wildman–Crippen MR) is 57.0 cm³/mol. The lowest BCUT2D eigenvalue weighted by Crippen LogP contribution is -2.15. The molecule has 0 bridgehead atoms. The van der Waals surface area contributed by atoms with Gasteiger partial charge >= 0.3 is 0 Å². The molecule has 0 fully saturated rings. The third kappa shape index (κ3) is 2.41. The van der Waals surface area contributed by atoms with Crippen molar-refractivity contribution in [1.82, 2.24) is 0 Å². The number of ether oxygens (including phenoxy) is 1. The van der Waals surface area contributed by atoms with Crippen LogP contribution in [0.5, 0.6) is 0 Å². The van der Waals surface area contributed by atoms with E-state index in [9.17, 15) is 5.11 Å². The monoisotopic (exact) mass is 210 g/mol. The van der Waals surface area contributed by atoms with Crippen molar-refractivity contribution in [3.8, 4) is 0 Å². The van der Waals surface area contributed by atoms with E-state index in [1.165, 1.54) is 6.42 Å². The molecule has 0 heterocycles. The van der Waals surface area contributed by atoms with Gasteiger partial charge in [-0.15, -0.1) is 0 Å². The first-order valence-electron chi connectivity index (χ1n) is 5.69. The summed E-state index contributed by atoms with van der Waals surface area (Å²) in [7, 11) is 0. The molecular weight excluding hydrogens is 192 g/mol. The van der Waals surface area contributed by atoms with Gasteiger partial charge in [0.1, 0.15) is 11.9 Å². The molecule has 0 aromatic heterocycles. The van der Waals surface area contributed by atoms with E-state index >= 15 is 0 Å². The minimum absolute atomic E-state index is 0.207. The molecule has 2 rings (SSSR count). The van der Waals surface area contributed by atoms with Gasteiger partial charge in [-0.05, 0) is 37.3 Å². The Morgan fingerprint density at radius 2 is 2.13 bits per heavy atom. The molecule has 0 radical (unpaired) electrons. The van der Waals surface area contributed by atoms with Crippen LogP contribution in [0.25, 0.3) is 0 Å². The molecule has 0 aromatic carbocycles. The molecule has 2 aliphatic rings. The Morgan fingerprint density at radius 3 is 2.80 bits per heavy atom. The summed E-state index contributed by atoms with van der Waals surface area (Å²) in [4.78, 5) is 0. The molecule has 1 atom stereocenters. The molecule has 15 heavy (non-hydrogen) atoms. The van der Waals surface area contributed by atoms with Crippen LogP contribution in [0.1, 0.15) is 38.5 Å². The zero-order valence-electron chi connectivity index (χ0n) is 8.91. The first kappa shape index (κ1) is 10.7. The van der Waals surface area contributed by atoms with Crippen LogP contribution in [0, 0.1) is 0 Å². The number of aliphatic hydroxyl groups excluding tert-OH is 2. The molecule has 0 spiro atoms. The van der Waals surface area contributed by atoms with Gasteiger partial charge in [0.25, 0.3) is 0 Å². The lowest BCUT2D eigenvalue weighted by atomic mass is 10.1. The highest BCUT2D eigenvalue weighted by Crippen LogP contribution is 2.33. The minimum Gasteiger partial charge on any atom is -0.466 e. The molecule has 2 aliphatic carbocycles. The highest BCUT2D eigenvalue weighted by molar-refractivity contribution is 5.20. The Kier molecular flexibility index (Phi) is 3.44. The van der Waals surface area contributed by atoms with Crippen molar-refractivity contribution in [2.45, 2.75) is 44.6 Å². The first-order chi connectivity index (χ1) is 7.31. The summed E-state index contributed by atoms with van der Waals surface area (Å²) in [6.45, 7) is -0.207. The quantitative estimate of drug-likeness (QED) is 0.744. The van der Waals surface area contributed by atoms with Crippen molar-refractivity contribution in [3.63, 3.8) is 0 Å². The van der Waals surface area contributed by atoms with Crippen molar-refractivity contribution >= 4 is 0 Å². The summed E-state index contributed by atoms with van der Waals surface area (Å²) in [6.07, 6.45) is 7.43. The van der Waals surface area contributed by atoms with Gasteiger partial charge in [0.15, 0.2) is 0 Å². The van der Waals surface area contributed by atoms with Gasteiger partial charge in [-0.1, -0.05) is 0 Å². The van der Waals surface area contributed by atoms with Gasteiger partial charge in [0.05, 0.1) is 12.4 Å². The Labute approximate surface area is 90.1 Å². The van der Waals surface area contributed by atoms with Gasteiger partial charge < -0.3 is 14.9 Å². The zero-order valence-corrected chi connectivity index (χ0v) is 8.91. The average molecular weight is 210 g/mol. The van der Waals surface area contributed by atoms with E-state index in [0.717, 1.165) is 49.2 Å². The smallest absolute Gasteiger partial charge is 0.105 e. The van der Waals surface area contributed by atoms with Crippen molar-refractivity contribution in [2.75, 3.05) is 6.61 Å². The van der Waals surface area contributed by atoms with Crippen LogP contribution < -0.4 is 0 Å². The van der Waals surface area contributed by atoms with E-state index in [2.05, 4.69) is 6.08 Å². The molecular formula is C12H18O3. The molecule has 0 saturated heterocycles. The van der Waals surface area contributed by atoms with E-state index in [-0.39, 0.29) is 6.61 Å². The maximum atomic E-state index is 9.59. The van der Waals surface area contributed by atoms with E-state index < -0.39 is 6.10 Å². The zero-order chi connectivity index (χ0) is 10.7. The van der Waals surface area contributed by atoms with Gasteiger partial charge in [-0.2, -0.15) is 0 Å². The minimum atomic E-state index is -0.732. The second kappa shape index (κ2) is 4.81. The molecule has 3 nitrogen and oxygen atoms in total. The second-order valence-corrected chi connectivity index (χ2v) is 4.17. The number of allylic oxidation sites excluding steroid dienone is 3. The topological polar surface area (TPSA) is 49.7 Å². The summed E-state index contributed by atoms with van der Waals surface area (Å²) in [5.74, 6) is 1.93. The van der Waals surface area contributed by atoms with Gasteiger partial charge in [0, 0.05) is 12.8 Å². The van der Waals surface area contributed by atoms with Crippen LogP contribution in [-0.2, 0) is 4.74 Å². The van der Waals surface area contributed by atoms with Crippen molar-refractivity contribution in [2.24, 2.45) is 0 Å². The lowest BCUT2D eigenvalue weighted by Gasteiger charge is -2.13. The molecule has 0 amide bonds. The molecule has 3 heteroatoms. The Bertz CT molecular complexity index is 291. The largest absolute Gasteiger partial charge is 0.466 e.